The van der Waals surface area contributed by atoms with E-state index < -0.39 is 0 Å². The highest BCUT2D eigenvalue weighted by Crippen LogP contribution is 2.18. The number of aromatic nitrogens is 4. The minimum Gasteiger partial charge on any atom is -0.316 e. The normalized spacial score (nSPS) is 12.6. The molecule has 0 aliphatic carbocycles. The van der Waals surface area contributed by atoms with E-state index in [0.717, 1.165) is 18.0 Å². The van der Waals surface area contributed by atoms with Gasteiger partial charge < -0.3 is 5.32 Å². The van der Waals surface area contributed by atoms with Crippen LogP contribution in [-0.2, 0) is 13.5 Å². The summed E-state index contributed by atoms with van der Waals surface area (Å²) in [4.78, 5) is 2.77. The highest BCUT2D eigenvalue weighted by atomic mass is 32.2. The molecule has 1 unspecified atom stereocenters. The summed E-state index contributed by atoms with van der Waals surface area (Å²) < 4.78 is 0. The lowest BCUT2D eigenvalue weighted by atomic mass is 10.2. The Morgan fingerprint density at radius 1 is 1.33 bits per heavy atom. The molecule has 18 heavy (non-hydrogen) atoms. The van der Waals surface area contributed by atoms with E-state index in [2.05, 4.69) is 45.0 Å². The molecule has 0 radical (unpaired) electrons. The van der Waals surface area contributed by atoms with Crippen LogP contribution < -0.4 is 5.32 Å². The zero-order valence-electron chi connectivity index (χ0n) is 10.6. The van der Waals surface area contributed by atoms with Gasteiger partial charge in [-0.1, -0.05) is 18.2 Å². The van der Waals surface area contributed by atoms with Gasteiger partial charge in [0.2, 0.25) is 0 Å². The van der Waals surface area contributed by atoms with Crippen molar-refractivity contribution in [1.29, 1.82) is 0 Å². The van der Waals surface area contributed by atoms with Crippen LogP contribution in [0.5, 0.6) is 0 Å². The largest absolute Gasteiger partial charge is 0.316 e. The molecule has 1 N–H and O–H groups in total. The van der Waals surface area contributed by atoms with Crippen molar-refractivity contribution >= 4 is 11.8 Å². The Hall–Kier alpha value is -1.40. The first kappa shape index (κ1) is 13.0. The maximum absolute atomic E-state index is 4.20. The molecule has 0 aliphatic heterocycles. The minimum absolute atomic E-state index is 0.347. The lowest BCUT2D eigenvalue weighted by Crippen LogP contribution is -2.30. The number of aryl methyl sites for hydroxylation is 1. The van der Waals surface area contributed by atoms with Gasteiger partial charge in [0.15, 0.2) is 5.82 Å². The van der Waals surface area contributed by atoms with E-state index in [1.54, 1.807) is 7.05 Å². The van der Waals surface area contributed by atoms with Crippen molar-refractivity contribution in [3.8, 4) is 0 Å². The van der Waals surface area contributed by atoms with Gasteiger partial charge in [0, 0.05) is 23.1 Å². The van der Waals surface area contributed by atoms with Gasteiger partial charge in [-0.3, -0.25) is 0 Å². The van der Waals surface area contributed by atoms with Crippen LogP contribution in [0.3, 0.4) is 0 Å². The van der Waals surface area contributed by atoms with E-state index in [-0.39, 0.29) is 0 Å². The van der Waals surface area contributed by atoms with Crippen LogP contribution in [0, 0.1) is 0 Å². The van der Waals surface area contributed by atoms with Crippen molar-refractivity contribution in [3.05, 3.63) is 36.2 Å². The molecule has 0 aliphatic rings. The summed E-state index contributed by atoms with van der Waals surface area (Å²) in [5.74, 6) is 1.77. The smallest absolute Gasteiger partial charge is 0.176 e. The van der Waals surface area contributed by atoms with Crippen LogP contribution in [0.1, 0.15) is 5.82 Å². The van der Waals surface area contributed by atoms with Gasteiger partial charge >= 0.3 is 0 Å². The predicted molar refractivity (Wildman–Crippen MR) is 72.5 cm³/mol. The molecular weight excluding hydrogens is 246 g/mol. The fourth-order valence-corrected chi connectivity index (χ4v) is 2.61. The molecule has 2 aromatic rings. The third-order valence-corrected chi connectivity index (χ3v) is 3.76. The molecule has 6 heteroatoms. The van der Waals surface area contributed by atoms with Crippen molar-refractivity contribution in [3.63, 3.8) is 0 Å². The third kappa shape index (κ3) is 3.82. The van der Waals surface area contributed by atoms with Crippen molar-refractivity contribution in [2.24, 2.45) is 7.05 Å². The molecule has 2 rings (SSSR count). The Morgan fingerprint density at radius 2 is 2.11 bits per heavy atom. The van der Waals surface area contributed by atoms with E-state index in [1.165, 1.54) is 9.69 Å². The summed E-state index contributed by atoms with van der Waals surface area (Å²) in [7, 11) is 3.75. The molecule has 1 heterocycles. The van der Waals surface area contributed by atoms with Crippen LogP contribution in [0.4, 0.5) is 0 Å². The Morgan fingerprint density at radius 3 is 2.72 bits per heavy atom. The van der Waals surface area contributed by atoms with Gasteiger partial charge in [-0.05, 0) is 24.4 Å². The van der Waals surface area contributed by atoms with E-state index in [9.17, 15) is 0 Å². The number of hydrogen-bond acceptors (Lipinski definition) is 5. The summed E-state index contributed by atoms with van der Waals surface area (Å²) in [6.45, 7) is 0. The molecule has 0 saturated carbocycles. The Bertz CT molecular complexity index is 470. The van der Waals surface area contributed by atoms with Gasteiger partial charge in [-0.25, -0.2) is 0 Å². The number of nitrogens with zero attached hydrogens (tertiary/aromatic N) is 4. The third-order valence-electron chi connectivity index (χ3n) is 2.58. The van der Waals surface area contributed by atoms with Crippen LogP contribution in [0.2, 0.25) is 0 Å². The maximum Gasteiger partial charge on any atom is 0.176 e. The fourth-order valence-electron chi connectivity index (χ4n) is 1.58. The molecule has 96 valence electrons. The zero-order chi connectivity index (χ0) is 12.8. The predicted octanol–water partition coefficient (Wildman–Crippen LogP) is 1.13. The van der Waals surface area contributed by atoms with E-state index in [1.807, 2.05) is 24.9 Å². The molecule has 1 aromatic heterocycles. The maximum atomic E-state index is 4.20. The van der Waals surface area contributed by atoms with Crippen LogP contribution >= 0.6 is 11.8 Å². The number of tetrazole rings is 1. The SMILES string of the molecule is CNC(CSc1ccccc1)Cc1nnn(C)n1. The molecule has 1 aromatic carbocycles. The van der Waals surface area contributed by atoms with E-state index in [4.69, 9.17) is 0 Å². The molecule has 0 fully saturated rings. The van der Waals surface area contributed by atoms with Crippen LogP contribution in [0.15, 0.2) is 35.2 Å². The van der Waals surface area contributed by atoms with E-state index >= 15 is 0 Å². The fraction of sp³-hybridized carbons (Fsp3) is 0.417. The van der Waals surface area contributed by atoms with Gasteiger partial charge in [-0.2, -0.15) is 4.80 Å². The van der Waals surface area contributed by atoms with Gasteiger partial charge in [0.1, 0.15) is 0 Å². The zero-order valence-corrected chi connectivity index (χ0v) is 11.4. The summed E-state index contributed by atoms with van der Waals surface area (Å²) in [5, 5.41) is 15.3. The monoisotopic (exact) mass is 263 g/mol. The lowest BCUT2D eigenvalue weighted by Gasteiger charge is -2.13. The van der Waals surface area contributed by atoms with E-state index in [0.29, 0.717) is 6.04 Å². The summed E-state index contributed by atoms with van der Waals surface area (Å²) in [5.41, 5.74) is 0. The summed E-state index contributed by atoms with van der Waals surface area (Å²) in [6, 6.07) is 10.7. The first-order chi connectivity index (χ1) is 8.78. The molecule has 0 bridgehead atoms. The van der Waals surface area contributed by atoms with Crippen LogP contribution in [0.25, 0.3) is 0 Å². The summed E-state index contributed by atoms with van der Waals surface area (Å²) in [6.07, 6.45) is 0.796. The lowest BCUT2D eigenvalue weighted by molar-refractivity contribution is 0.591. The number of nitrogens with one attached hydrogen (secondary N) is 1. The number of hydrogen-bond donors (Lipinski definition) is 1. The van der Waals surface area contributed by atoms with Gasteiger partial charge in [-0.15, -0.1) is 22.0 Å². The molecular formula is C12H17N5S. The quantitative estimate of drug-likeness (QED) is 0.792. The second-order valence-corrected chi connectivity index (χ2v) is 5.10. The summed E-state index contributed by atoms with van der Waals surface area (Å²) >= 11 is 1.83. The van der Waals surface area contributed by atoms with Crippen molar-refractivity contribution < 1.29 is 0 Å². The topological polar surface area (TPSA) is 55.6 Å². The molecule has 0 amide bonds. The first-order valence-electron chi connectivity index (χ1n) is 5.86. The number of rotatable bonds is 6. The average Bonchev–Trinajstić information content (AvgIpc) is 2.81. The Labute approximate surface area is 111 Å². The number of thioether (sulfide) groups is 1. The highest BCUT2D eigenvalue weighted by Gasteiger charge is 2.11. The van der Waals surface area contributed by atoms with Crippen molar-refractivity contribution in [2.45, 2.75) is 17.4 Å². The second kappa shape index (κ2) is 6.51. The average molecular weight is 263 g/mol. The van der Waals surface area contributed by atoms with Gasteiger partial charge in [0.25, 0.3) is 0 Å². The Kier molecular flexibility index (Phi) is 4.72. The van der Waals surface area contributed by atoms with Crippen molar-refractivity contribution in [2.75, 3.05) is 12.8 Å². The standard InChI is InChI=1S/C12H17N5S/c1-13-10(8-12-14-16-17(2)15-12)9-18-11-6-4-3-5-7-11/h3-7,10,13H,8-9H2,1-2H3. The highest BCUT2D eigenvalue weighted by molar-refractivity contribution is 7.99. The molecule has 5 nitrogen and oxygen atoms in total. The number of benzene rings is 1. The molecule has 1 atom stereocenters. The Balaban J connectivity index is 1.86. The molecule has 0 saturated heterocycles. The van der Waals surface area contributed by atoms with Crippen LogP contribution in [-0.4, -0.2) is 39.0 Å². The number of likely N-dealkylation sites (N-methyl/N-ethyl adjacent to an activating group) is 1. The van der Waals surface area contributed by atoms with Crippen molar-refractivity contribution in [1.82, 2.24) is 25.5 Å². The minimum atomic E-state index is 0.347. The second-order valence-electron chi connectivity index (χ2n) is 4.01. The van der Waals surface area contributed by atoms with Gasteiger partial charge in [0.05, 0.1) is 7.05 Å². The molecule has 0 spiro atoms. The first-order valence-corrected chi connectivity index (χ1v) is 6.84.